The number of aliphatic carboxylic acids is 1. The molecule has 0 radical (unpaired) electrons. The molecule has 2 aliphatic rings. The van der Waals surface area contributed by atoms with Crippen LogP contribution in [0, 0.1) is 11.3 Å². The lowest BCUT2D eigenvalue weighted by Gasteiger charge is -2.39. The number of nitrogens with zero attached hydrogens (tertiary/aromatic N) is 1. The van der Waals surface area contributed by atoms with Gasteiger partial charge in [-0.05, 0) is 18.3 Å². The van der Waals surface area contributed by atoms with Gasteiger partial charge in [0.25, 0.3) is 0 Å². The number of carboxylic acids is 1. The van der Waals surface area contributed by atoms with E-state index >= 15 is 0 Å². The van der Waals surface area contributed by atoms with Crippen molar-refractivity contribution in [2.45, 2.75) is 44.9 Å². The minimum Gasteiger partial charge on any atom is -0.481 e. The van der Waals surface area contributed by atoms with Gasteiger partial charge in [0.05, 0.1) is 12.3 Å². The molecule has 3 N–H and O–H groups in total. The van der Waals surface area contributed by atoms with E-state index < -0.39 is 17.8 Å². The molecule has 112 valence electrons. The first-order valence-electron chi connectivity index (χ1n) is 7.21. The largest absolute Gasteiger partial charge is 0.481 e. The zero-order valence-corrected chi connectivity index (χ0v) is 11.6. The highest BCUT2D eigenvalue weighted by molar-refractivity contribution is 5.88. The summed E-state index contributed by atoms with van der Waals surface area (Å²) < 4.78 is 0. The number of nitrogens with two attached hydrogens (primary N) is 1. The Hall–Kier alpha value is -1.59. The van der Waals surface area contributed by atoms with Gasteiger partial charge in [-0.25, -0.2) is 0 Å². The molecule has 6 nitrogen and oxygen atoms in total. The lowest BCUT2D eigenvalue weighted by molar-refractivity contribution is -0.142. The highest BCUT2D eigenvalue weighted by Crippen LogP contribution is 2.41. The summed E-state index contributed by atoms with van der Waals surface area (Å²) in [5, 5.41) is 9.13. The standard InChI is InChI=1S/C14H22N2O4/c15-13(20)10-6-11(17)16(8-10)9-14(7-12(18)19)4-2-1-3-5-14/h10H,1-9H2,(H2,15,20)(H,18,19). The molecule has 1 saturated carbocycles. The van der Waals surface area contributed by atoms with E-state index in [0.29, 0.717) is 13.1 Å². The second-order valence-corrected chi connectivity index (χ2v) is 6.21. The first-order chi connectivity index (χ1) is 9.42. The summed E-state index contributed by atoms with van der Waals surface area (Å²) in [4.78, 5) is 35.9. The van der Waals surface area contributed by atoms with Crippen LogP contribution >= 0.6 is 0 Å². The predicted molar refractivity (Wildman–Crippen MR) is 71.7 cm³/mol. The fourth-order valence-corrected chi connectivity index (χ4v) is 3.53. The van der Waals surface area contributed by atoms with E-state index in [0.717, 1.165) is 32.1 Å². The molecule has 6 heteroatoms. The SMILES string of the molecule is NC(=O)C1CC(=O)N(CC2(CC(=O)O)CCCCC2)C1. The van der Waals surface area contributed by atoms with Crippen LogP contribution in [0.3, 0.4) is 0 Å². The zero-order valence-electron chi connectivity index (χ0n) is 11.6. The molecule has 1 heterocycles. The van der Waals surface area contributed by atoms with E-state index in [-0.39, 0.29) is 24.2 Å². The number of hydrogen-bond donors (Lipinski definition) is 2. The monoisotopic (exact) mass is 282 g/mol. The van der Waals surface area contributed by atoms with Gasteiger partial charge in [-0.1, -0.05) is 19.3 Å². The molecule has 0 spiro atoms. The van der Waals surface area contributed by atoms with Crippen LogP contribution in [0.5, 0.6) is 0 Å². The Balaban J connectivity index is 2.06. The highest BCUT2D eigenvalue weighted by Gasteiger charge is 2.41. The normalized spacial score (nSPS) is 25.7. The van der Waals surface area contributed by atoms with Gasteiger partial charge in [0.1, 0.15) is 0 Å². The lowest BCUT2D eigenvalue weighted by atomic mass is 9.71. The molecule has 1 unspecified atom stereocenters. The fraction of sp³-hybridized carbons (Fsp3) is 0.786. The quantitative estimate of drug-likeness (QED) is 0.776. The van der Waals surface area contributed by atoms with Gasteiger partial charge in [-0.15, -0.1) is 0 Å². The maximum atomic E-state index is 12.0. The molecule has 20 heavy (non-hydrogen) atoms. The first-order valence-corrected chi connectivity index (χ1v) is 7.21. The molecule has 2 amide bonds. The smallest absolute Gasteiger partial charge is 0.303 e. The first kappa shape index (κ1) is 14.8. The number of hydrogen-bond acceptors (Lipinski definition) is 3. The van der Waals surface area contributed by atoms with Crippen molar-refractivity contribution in [2.24, 2.45) is 17.1 Å². The maximum Gasteiger partial charge on any atom is 0.303 e. The van der Waals surface area contributed by atoms with Gasteiger partial charge in [0.2, 0.25) is 11.8 Å². The lowest BCUT2D eigenvalue weighted by Crippen LogP contribution is -2.41. The molecule has 1 saturated heterocycles. The minimum absolute atomic E-state index is 0.0795. The third kappa shape index (κ3) is 3.29. The van der Waals surface area contributed by atoms with Crippen molar-refractivity contribution in [1.82, 2.24) is 4.90 Å². The van der Waals surface area contributed by atoms with E-state index in [4.69, 9.17) is 10.8 Å². The van der Waals surface area contributed by atoms with Crippen LogP contribution in [0.1, 0.15) is 44.9 Å². The molecule has 0 aromatic carbocycles. The highest BCUT2D eigenvalue weighted by atomic mass is 16.4. The Morgan fingerprint density at radius 3 is 2.45 bits per heavy atom. The number of amides is 2. The summed E-state index contributed by atoms with van der Waals surface area (Å²) in [6.07, 6.45) is 5.08. The van der Waals surface area contributed by atoms with Crippen LogP contribution in [-0.2, 0) is 14.4 Å². The van der Waals surface area contributed by atoms with Crippen molar-refractivity contribution in [2.75, 3.05) is 13.1 Å². The van der Waals surface area contributed by atoms with Gasteiger partial charge >= 0.3 is 5.97 Å². The van der Waals surface area contributed by atoms with Crippen molar-refractivity contribution in [3.63, 3.8) is 0 Å². The van der Waals surface area contributed by atoms with Crippen molar-refractivity contribution in [1.29, 1.82) is 0 Å². The summed E-state index contributed by atoms with van der Waals surface area (Å²) in [6, 6.07) is 0. The number of carboxylic acid groups (broad SMARTS) is 1. The van der Waals surface area contributed by atoms with Gasteiger partial charge in [-0.3, -0.25) is 14.4 Å². The van der Waals surface area contributed by atoms with Crippen molar-refractivity contribution >= 4 is 17.8 Å². The van der Waals surface area contributed by atoms with Crippen LogP contribution < -0.4 is 5.73 Å². The Labute approximate surface area is 118 Å². The zero-order chi connectivity index (χ0) is 14.8. The van der Waals surface area contributed by atoms with Gasteiger partial charge < -0.3 is 15.7 Å². The van der Waals surface area contributed by atoms with E-state index in [1.807, 2.05) is 0 Å². The van der Waals surface area contributed by atoms with Crippen molar-refractivity contribution < 1.29 is 19.5 Å². The average molecular weight is 282 g/mol. The molecule has 0 aromatic rings. The molecule has 1 aliphatic carbocycles. The Morgan fingerprint density at radius 1 is 1.30 bits per heavy atom. The number of likely N-dealkylation sites (tertiary alicyclic amines) is 1. The van der Waals surface area contributed by atoms with E-state index in [1.165, 1.54) is 0 Å². The number of carbonyl (C=O) groups is 3. The maximum absolute atomic E-state index is 12.0. The van der Waals surface area contributed by atoms with Crippen LogP contribution in [0.4, 0.5) is 0 Å². The summed E-state index contributed by atoms with van der Waals surface area (Å²) in [7, 11) is 0. The molecular weight excluding hydrogens is 260 g/mol. The molecule has 0 aromatic heterocycles. The summed E-state index contributed by atoms with van der Waals surface area (Å²) >= 11 is 0. The predicted octanol–water partition coefficient (Wildman–Crippen LogP) is 0.745. The third-order valence-electron chi connectivity index (χ3n) is 4.58. The molecule has 0 bridgehead atoms. The number of primary amides is 1. The van der Waals surface area contributed by atoms with Crippen molar-refractivity contribution in [3.05, 3.63) is 0 Å². The summed E-state index contributed by atoms with van der Waals surface area (Å²) in [6.45, 7) is 0.789. The van der Waals surface area contributed by atoms with E-state index in [2.05, 4.69) is 0 Å². The van der Waals surface area contributed by atoms with Crippen LogP contribution in [0.15, 0.2) is 0 Å². The fourth-order valence-electron chi connectivity index (χ4n) is 3.53. The topological polar surface area (TPSA) is 101 Å². The molecular formula is C14H22N2O4. The van der Waals surface area contributed by atoms with E-state index in [1.54, 1.807) is 4.90 Å². The van der Waals surface area contributed by atoms with Gasteiger partial charge in [-0.2, -0.15) is 0 Å². The number of carbonyl (C=O) groups excluding carboxylic acids is 2. The Bertz CT molecular complexity index is 415. The van der Waals surface area contributed by atoms with Crippen LogP contribution in [-0.4, -0.2) is 40.9 Å². The van der Waals surface area contributed by atoms with Crippen LogP contribution in [0.2, 0.25) is 0 Å². The van der Waals surface area contributed by atoms with Gasteiger partial charge in [0, 0.05) is 19.5 Å². The molecule has 1 aliphatic heterocycles. The van der Waals surface area contributed by atoms with Gasteiger partial charge in [0.15, 0.2) is 0 Å². The number of rotatable bonds is 5. The molecule has 1 atom stereocenters. The second kappa shape index (κ2) is 5.81. The summed E-state index contributed by atoms with van der Waals surface area (Å²) in [5.41, 5.74) is 4.93. The minimum atomic E-state index is -0.815. The summed E-state index contributed by atoms with van der Waals surface area (Å²) in [5.74, 6) is -1.76. The molecule has 2 fully saturated rings. The average Bonchev–Trinajstić information content (AvgIpc) is 2.71. The van der Waals surface area contributed by atoms with Crippen molar-refractivity contribution in [3.8, 4) is 0 Å². The Kier molecular flexibility index (Phi) is 4.30. The van der Waals surface area contributed by atoms with Crippen LogP contribution in [0.25, 0.3) is 0 Å². The second-order valence-electron chi connectivity index (χ2n) is 6.21. The Morgan fingerprint density at radius 2 is 1.95 bits per heavy atom. The third-order valence-corrected chi connectivity index (χ3v) is 4.58. The molecule has 2 rings (SSSR count). The van der Waals surface area contributed by atoms with E-state index in [9.17, 15) is 14.4 Å².